The third-order valence-electron chi connectivity index (χ3n) is 6.89. The Morgan fingerprint density at radius 1 is 1.05 bits per heavy atom. The molecule has 6 rings (SSSR count). The van der Waals surface area contributed by atoms with Gasteiger partial charge in [-0.2, -0.15) is 4.31 Å². The van der Waals surface area contributed by atoms with Crippen LogP contribution in [0, 0.1) is 13.8 Å². The van der Waals surface area contributed by atoms with Crippen molar-refractivity contribution < 1.29 is 17.9 Å². The first-order valence-electron chi connectivity index (χ1n) is 12.3. The van der Waals surface area contributed by atoms with Crippen molar-refractivity contribution in [1.29, 1.82) is 0 Å². The largest absolute Gasteiger partial charge is 0.379 e. The summed E-state index contributed by atoms with van der Waals surface area (Å²) in [7, 11) is -3.69. The minimum Gasteiger partial charge on any atom is -0.379 e. The average Bonchev–Trinajstić information content (AvgIpc) is 3.61. The number of aromatic amines is 1. The van der Waals surface area contributed by atoms with E-state index in [0.29, 0.717) is 54.5 Å². The number of carbonyl (C=O) groups is 1. The molecular weight excluding hydrogens is 520 g/mol. The Bertz CT molecular complexity index is 1680. The number of ether oxygens (including phenoxy) is 1. The molecule has 38 heavy (non-hydrogen) atoms. The van der Waals surface area contributed by atoms with E-state index in [4.69, 9.17) is 9.72 Å². The molecule has 0 bridgehead atoms. The number of rotatable bonds is 5. The smallest absolute Gasteiger partial charge is 0.256 e. The number of nitrogens with zero attached hydrogens (tertiary/aromatic N) is 2. The fourth-order valence-corrected chi connectivity index (χ4v) is 7.62. The second kappa shape index (κ2) is 9.63. The first-order valence-corrected chi connectivity index (χ1v) is 14.6. The number of carbonyl (C=O) groups excluding carboxylic acids is 1. The van der Waals surface area contributed by atoms with Gasteiger partial charge < -0.3 is 15.0 Å². The summed E-state index contributed by atoms with van der Waals surface area (Å²) in [6.07, 6.45) is 1.74. The number of fused-ring (bicyclic) bond motifs is 1. The molecule has 2 aliphatic heterocycles. The number of aryl methyl sites for hydroxylation is 1. The standard InChI is InChI=1S/C28H26N4O4S2/c1-17-24(29-18(2)26(17)38(34,35)32-10-12-36-13-11-32)15-22-21-14-20(8-9-23(21)30-27(22)33)25-16-37-28(31-25)19-6-4-3-5-7-19/h3-9,14-16,29H,10-13H2,1-2H3,(H,30,33)/b22-15-. The normalized spacial score (nSPS) is 17.1. The Hall–Kier alpha value is -3.57. The monoisotopic (exact) mass is 546 g/mol. The van der Waals surface area contributed by atoms with E-state index in [2.05, 4.69) is 10.3 Å². The molecule has 2 aromatic carbocycles. The van der Waals surface area contributed by atoms with Crippen molar-refractivity contribution in [3.8, 4) is 21.8 Å². The number of aromatic nitrogens is 2. The van der Waals surface area contributed by atoms with E-state index in [-0.39, 0.29) is 10.8 Å². The molecule has 0 spiro atoms. The predicted octanol–water partition coefficient (Wildman–Crippen LogP) is 4.94. The Balaban J connectivity index is 1.36. The molecule has 0 radical (unpaired) electrons. The maximum atomic E-state index is 13.4. The molecule has 1 amide bonds. The van der Waals surface area contributed by atoms with Gasteiger partial charge in [0.1, 0.15) is 9.90 Å². The van der Waals surface area contributed by atoms with Crippen molar-refractivity contribution in [2.45, 2.75) is 18.7 Å². The summed E-state index contributed by atoms with van der Waals surface area (Å²) >= 11 is 1.57. The van der Waals surface area contributed by atoms with E-state index in [9.17, 15) is 13.2 Å². The molecule has 1 saturated heterocycles. The van der Waals surface area contributed by atoms with Crippen LogP contribution in [0.1, 0.15) is 22.5 Å². The van der Waals surface area contributed by atoms with E-state index in [1.165, 1.54) is 4.31 Å². The highest BCUT2D eigenvalue weighted by molar-refractivity contribution is 7.89. The highest BCUT2D eigenvalue weighted by Crippen LogP contribution is 2.38. The lowest BCUT2D eigenvalue weighted by molar-refractivity contribution is -0.110. The van der Waals surface area contributed by atoms with Crippen LogP contribution in [0.2, 0.25) is 0 Å². The lowest BCUT2D eigenvalue weighted by Gasteiger charge is -2.26. The van der Waals surface area contributed by atoms with Crippen molar-refractivity contribution in [2.75, 3.05) is 31.6 Å². The van der Waals surface area contributed by atoms with Gasteiger partial charge in [-0.15, -0.1) is 11.3 Å². The van der Waals surface area contributed by atoms with Gasteiger partial charge in [-0.05, 0) is 37.6 Å². The van der Waals surface area contributed by atoms with Gasteiger partial charge in [-0.25, -0.2) is 13.4 Å². The quantitative estimate of drug-likeness (QED) is 0.345. The van der Waals surface area contributed by atoms with Gasteiger partial charge in [-0.1, -0.05) is 36.4 Å². The number of H-pyrrole nitrogens is 1. The van der Waals surface area contributed by atoms with Crippen molar-refractivity contribution in [3.05, 3.63) is 76.4 Å². The van der Waals surface area contributed by atoms with E-state index in [0.717, 1.165) is 27.4 Å². The average molecular weight is 547 g/mol. The highest BCUT2D eigenvalue weighted by Gasteiger charge is 2.32. The highest BCUT2D eigenvalue weighted by atomic mass is 32.2. The molecule has 8 nitrogen and oxygen atoms in total. The first kappa shape index (κ1) is 24.7. The van der Waals surface area contributed by atoms with E-state index in [1.54, 1.807) is 31.3 Å². The Morgan fingerprint density at radius 2 is 1.82 bits per heavy atom. The van der Waals surface area contributed by atoms with Gasteiger partial charge in [0.05, 0.1) is 24.5 Å². The molecule has 4 aromatic rings. The van der Waals surface area contributed by atoms with Crippen LogP contribution in [0.4, 0.5) is 5.69 Å². The fourth-order valence-electron chi connectivity index (χ4n) is 4.96. The summed E-state index contributed by atoms with van der Waals surface area (Å²) in [5, 5.41) is 5.86. The summed E-state index contributed by atoms with van der Waals surface area (Å²) < 4.78 is 33.6. The molecule has 0 aliphatic carbocycles. The molecule has 2 N–H and O–H groups in total. The first-order chi connectivity index (χ1) is 18.3. The third-order valence-corrected chi connectivity index (χ3v) is 9.95. The number of hydrogen-bond acceptors (Lipinski definition) is 6. The molecule has 194 valence electrons. The topological polar surface area (TPSA) is 104 Å². The zero-order valence-corrected chi connectivity index (χ0v) is 22.6. The third kappa shape index (κ3) is 4.29. The van der Waals surface area contributed by atoms with Crippen LogP contribution < -0.4 is 5.32 Å². The molecule has 2 aromatic heterocycles. The molecule has 0 atom stereocenters. The Kier molecular flexibility index (Phi) is 6.27. The number of thiazole rings is 1. The minimum absolute atomic E-state index is 0.232. The number of sulfonamides is 1. The van der Waals surface area contributed by atoms with Gasteiger partial charge >= 0.3 is 0 Å². The maximum Gasteiger partial charge on any atom is 0.256 e. The summed E-state index contributed by atoms with van der Waals surface area (Å²) in [5.41, 5.74) is 6.47. The summed E-state index contributed by atoms with van der Waals surface area (Å²) in [5.74, 6) is -0.232. The van der Waals surface area contributed by atoms with Crippen molar-refractivity contribution in [1.82, 2.24) is 14.3 Å². The number of morpholine rings is 1. The molecular formula is C28H26N4O4S2. The van der Waals surface area contributed by atoms with Crippen LogP contribution in [-0.4, -0.2) is 54.9 Å². The number of amides is 1. The molecule has 4 heterocycles. The van der Waals surface area contributed by atoms with Gasteiger partial charge in [0.15, 0.2) is 0 Å². The van der Waals surface area contributed by atoms with Gasteiger partial charge in [0, 0.05) is 52.2 Å². The minimum atomic E-state index is -3.69. The van der Waals surface area contributed by atoms with Crippen LogP contribution >= 0.6 is 11.3 Å². The van der Waals surface area contributed by atoms with Crippen LogP contribution in [0.25, 0.3) is 33.5 Å². The van der Waals surface area contributed by atoms with E-state index >= 15 is 0 Å². The van der Waals surface area contributed by atoms with Crippen molar-refractivity contribution in [3.63, 3.8) is 0 Å². The van der Waals surface area contributed by atoms with Crippen LogP contribution in [-0.2, 0) is 19.6 Å². The zero-order chi connectivity index (χ0) is 26.4. The number of hydrogen-bond donors (Lipinski definition) is 2. The van der Waals surface area contributed by atoms with Crippen molar-refractivity contribution >= 4 is 44.6 Å². The Labute approximate surface area is 225 Å². The number of nitrogens with one attached hydrogen (secondary N) is 2. The molecule has 10 heteroatoms. The van der Waals surface area contributed by atoms with E-state index in [1.807, 2.05) is 53.9 Å². The Morgan fingerprint density at radius 3 is 2.58 bits per heavy atom. The maximum absolute atomic E-state index is 13.4. The number of anilines is 1. The predicted molar refractivity (Wildman–Crippen MR) is 149 cm³/mol. The SMILES string of the molecule is Cc1[nH]c(/C=C2\C(=O)Nc3ccc(-c4csc(-c5ccccc5)n4)cc32)c(C)c1S(=O)(=O)N1CCOCC1. The molecule has 0 unspecified atom stereocenters. The van der Waals surface area contributed by atoms with E-state index < -0.39 is 10.0 Å². The lowest BCUT2D eigenvalue weighted by atomic mass is 10.0. The summed E-state index contributed by atoms with van der Waals surface area (Å²) in [6.45, 7) is 4.92. The van der Waals surface area contributed by atoms with Crippen LogP contribution in [0.3, 0.4) is 0 Å². The fraction of sp³-hybridized carbons (Fsp3) is 0.214. The van der Waals surface area contributed by atoms with Gasteiger partial charge in [0.2, 0.25) is 10.0 Å². The van der Waals surface area contributed by atoms with Gasteiger partial charge in [0.25, 0.3) is 5.91 Å². The second-order valence-electron chi connectivity index (χ2n) is 9.31. The number of benzene rings is 2. The molecule has 0 saturated carbocycles. The van der Waals surface area contributed by atoms with Gasteiger partial charge in [-0.3, -0.25) is 4.79 Å². The van der Waals surface area contributed by atoms with Crippen LogP contribution in [0.5, 0.6) is 0 Å². The van der Waals surface area contributed by atoms with Crippen LogP contribution in [0.15, 0.2) is 58.8 Å². The zero-order valence-electron chi connectivity index (χ0n) is 20.9. The van der Waals surface area contributed by atoms with Crippen molar-refractivity contribution in [2.24, 2.45) is 0 Å². The lowest BCUT2D eigenvalue weighted by Crippen LogP contribution is -2.40. The summed E-state index contributed by atoms with van der Waals surface area (Å²) in [6, 6.07) is 15.8. The summed E-state index contributed by atoms with van der Waals surface area (Å²) in [4.78, 5) is 21.2. The second-order valence-corrected chi connectivity index (χ2v) is 12.0. The molecule has 1 fully saturated rings. The molecule has 2 aliphatic rings.